The lowest BCUT2D eigenvalue weighted by atomic mass is 10.1. The molecule has 2 N–H and O–H groups in total. The fraction of sp³-hybridized carbons (Fsp3) is 0.480. The lowest BCUT2D eigenvalue weighted by molar-refractivity contribution is -0.133. The Bertz CT molecular complexity index is 1430. The molecule has 3 amide bonds. The minimum atomic E-state index is -0.535. The van der Waals surface area contributed by atoms with Crippen molar-refractivity contribution in [2.75, 3.05) is 49.9 Å². The fourth-order valence-electron chi connectivity index (χ4n) is 4.29. The molecule has 0 bridgehead atoms. The molecule has 1 aromatic carbocycles. The molecule has 12 nitrogen and oxygen atoms in total. The Morgan fingerprint density at radius 1 is 1.15 bits per heavy atom. The van der Waals surface area contributed by atoms with Gasteiger partial charge in [0.15, 0.2) is 5.13 Å². The molecular weight excluding hydrogens is 624 g/mol. The predicted molar refractivity (Wildman–Crippen MR) is 157 cm³/mol. The average Bonchev–Trinajstić information content (AvgIpc) is 3.47. The van der Waals surface area contributed by atoms with E-state index in [-0.39, 0.29) is 36.2 Å². The number of amides is 3. The molecule has 40 heavy (non-hydrogen) atoms. The van der Waals surface area contributed by atoms with Gasteiger partial charge in [-0.3, -0.25) is 14.3 Å². The summed E-state index contributed by atoms with van der Waals surface area (Å²) < 4.78 is 9.33. The summed E-state index contributed by atoms with van der Waals surface area (Å²) in [6.45, 7) is 9.08. The Kier molecular flexibility index (Phi) is 8.22. The number of nitrogens with zero attached hydrogens (tertiary/aromatic N) is 6. The van der Waals surface area contributed by atoms with Crippen LogP contribution in [0.2, 0.25) is 0 Å². The maximum absolute atomic E-state index is 12.9. The van der Waals surface area contributed by atoms with Gasteiger partial charge in [-0.25, -0.2) is 14.2 Å². The second-order valence-electron chi connectivity index (χ2n) is 10.7. The topological polar surface area (TPSA) is 125 Å². The van der Waals surface area contributed by atoms with E-state index in [9.17, 15) is 14.4 Å². The standard InChI is InChI=1S/C25H30BrClN8O4S/c1-25(2,3)39-24(38)33-11-16(12-33)28-23-30-20(14-40-23)22(37)29-19-8-15-10-35(31-18(15)9-17(19)26)13-21(36)32-4-6-34(27)7-5-32/h8-10,14,16H,4-7,11-13H2,1-3H3,(H,28,30)(H,29,37). The molecule has 4 heterocycles. The molecule has 0 atom stereocenters. The maximum atomic E-state index is 12.9. The van der Waals surface area contributed by atoms with Gasteiger partial charge in [-0.2, -0.15) is 5.10 Å². The van der Waals surface area contributed by atoms with E-state index in [1.165, 1.54) is 11.3 Å². The van der Waals surface area contributed by atoms with Gasteiger partial charge in [-0.15, -0.1) is 11.3 Å². The number of halogens is 2. The number of hydrogen-bond donors (Lipinski definition) is 2. The molecule has 2 saturated heterocycles. The van der Waals surface area contributed by atoms with Crippen LogP contribution in [0.3, 0.4) is 0 Å². The summed E-state index contributed by atoms with van der Waals surface area (Å²) in [4.78, 5) is 45.6. The molecule has 0 spiro atoms. The number of rotatable bonds is 6. The minimum absolute atomic E-state index is 0.0161. The molecule has 0 aliphatic carbocycles. The zero-order valence-electron chi connectivity index (χ0n) is 22.3. The van der Waals surface area contributed by atoms with Crippen LogP contribution in [0.4, 0.5) is 15.6 Å². The zero-order valence-corrected chi connectivity index (χ0v) is 25.5. The first kappa shape index (κ1) is 28.6. The molecule has 5 rings (SSSR count). The summed E-state index contributed by atoms with van der Waals surface area (Å²) in [5, 5.41) is 13.8. The van der Waals surface area contributed by atoms with E-state index in [1.807, 2.05) is 26.8 Å². The third-order valence-electron chi connectivity index (χ3n) is 6.36. The molecule has 0 unspecified atom stereocenters. The molecule has 2 fully saturated rings. The maximum Gasteiger partial charge on any atom is 0.410 e. The highest BCUT2D eigenvalue weighted by molar-refractivity contribution is 9.10. The largest absolute Gasteiger partial charge is 0.444 e. The van der Waals surface area contributed by atoms with Crippen molar-refractivity contribution in [1.82, 2.24) is 29.0 Å². The summed E-state index contributed by atoms with van der Waals surface area (Å²) >= 11 is 10.8. The van der Waals surface area contributed by atoms with E-state index in [2.05, 4.69) is 36.6 Å². The van der Waals surface area contributed by atoms with Gasteiger partial charge in [-0.05, 0) is 60.6 Å². The summed E-state index contributed by atoms with van der Waals surface area (Å²) in [5.41, 5.74) is 1.01. The first-order chi connectivity index (χ1) is 18.9. The van der Waals surface area contributed by atoms with Gasteiger partial charge in [0.1, 0.15) is 17.8 Å². The number of ether oxygens (including phenoxy) is 1. The van der Waals surface area contributed by atoms with Crippen LogP contribution in [0.25, 0.3) is 10.9 Å². The van der Waals surface area contributed by atoms with Gasteiger partial charge in [-0.1, -0.05) is 0 Å². The second kappa shape index (κ2) is 11.5. The monoisotopic (exact) mass is 652 g/mol. The van der Waals surface area contributed by atoms with Crippen LogP contribution in [0.1, 0.15) is 31.3 Å². The van der Waals surface area contributed by atoms with Crippen LogP contribution in [-0.2, 0) is 16.1 Å². The number of fused-ring (bicyclic) bond motifs is 1. The predicted octanol–water partition coefficient (Wildman–Crippen LogP) is 3.84. The van der Waals surface area contributed by atoms with Crippen LogP contribution in [0, 0.1) is 0 Å². The van der Waals surface area contributed by atoms with E-state index in [4.69, 9.17) is 16.5 Å². The Morgan fingerprint density at radius 3 is 2.58 bits per heavy atom. The highest BCUT2D eigenvalue weighted by Gasteiger charge is 2.34. The molecule has 214 valence electrons. The summed E-state index contributed by atoms with van der Waals surface area (Å²) in [6, 6.07) is 3.65. The SMILES string of the molecule is CC(C)(C)OC(=O)N1CC(Nc2nc(C(=O)Nc3cc4cn(CC(=O)N5CCN(Cl)CC5)nc4cc3Br)cs2)C1. The Hall–Kier alpha value is -2.94. The summed E-state index contributed by atoms with van der Waals surface area (Å²) in [6.07, 6.45) is 1.45. The third-order valence-corrected chi connectivity index (χ3v) is 8.13. The van der Waals surface area contributed by atoms with Crippen molar-refractivity contribution in [3.63, 3.8) is 0 Å². The van der Waals surface area contributed by atoms with Gasteiger partial charge >= 0.3 is 6.09 Å². The zero-order chi connectivity index (χ0) is 28.6. The van der Waals surface area contributed by atoms with Gasteiger partial charge in [0, 0.05) is 60.7 Å². The quantitative estimate of drug-likeness (QED) is 0.385. The number of hydrogen-bond acceptors (Lipinski definition) is 9. The highest BCUT2D eigenvalue weighted by atomic mass is 79.9. The molecule has 0 saturated carbocycles. The molecule has 3 aromatic rings. The molecule has 2 aliphatic heterocycles. The number of anilines is 2. The van der Waals surface area contributed by atoms with Crippen LogP contribution < -0.4 is 10.6 Å². The lowest BCUT2D eigenvalue weighted by Crippen LogP contribution is -2.57. The molecule has 15 heteroatoms. The highest BCUT2D eigenvalue weighted by Crippen LogP contribution is 2.29. The Balaban J connectivity index is 1.16. The van der Waals surface area contributed by atoms with Crippen molar-refractivity contribution in [3.8, 4) is 0 Å². The van der Waals surface area contributed by atoms with E-state index < -0.39 is 5.60 Å². The Morgan fingerprint density at radius 2 is 1.88 bits per heavy atom. The van der Waals surface area contributed by atoms with Crippen molar-refractivity contribution in [1.29, 1.82) is 0 Å². The van der Waals surface area contributed by atoms with Crippen LogP contribution in [-0.4, -0.2) is 97.8 Å². The van der Waals surface area contributed by atoms with Crippen molar-refractivity contribution in [2.45, 2.75) is 39.0 Å². The van der Waals surface area contributed by atoms with Gasteiger partial charge in [0.25, 0.3) is 5.91 Å². The fourth-order valence-corrected chi connectivity index (χ4v) is 5.65. The van der Waals surface area contributed by atoms with Crippen molar-refractivity contribution >= 4 is 78.7 Å². The van der Waals surface area contributed by atoms with Gasteiger partial charge < -0.3 is 25.2 Å². The van der Waals surface area contributed by atoms with Crippen LogP contribution >= 0.6 is 39.0 Å². The first-order valence-corrected chi connectivity index (χ1v) is 14.8. The minimum Gasteiger partial charge on any atom is -0.444 e. The van der Waals surface area contributed by atoms with E-state index in [1.54, 1.807) is 36.5 Å². The number of carbonyl (C=O) groups excluding carboxylic acids is 3. The molecular formula is C25H30BrClN8O4S. The first-order valence-electron chi connectivity index (χ1n) is 12.8. The second-order valence-corrected chi connectivity index (χ2v) is 12.9. The van der Waals surface area contributed by atoms with Crippen molar-refractivity contribution in [2.24, 2.45) is 0 Å². The van der Waals surface area contributed by atoms with Crippen molar-refractivity contribution in [3.05, 3.63) is 33.9 Å². The number of nitrogens with one attached hydrogen (secondary N) is 2. The van der Waals surface area contributed by atoms with E-state index in [0.29, 0.717) is 60.1 Å². The van der Waals surface area contributed by atoms with Crippen molar-refractivity contribution < 1.29 is 19.1 Å². The van der Waals surface area contributed by atoms with E-state index in [0.717, 1.165) is 5.39 Å². The van der Waals surface area contributed by atoms with Gasteiger partial charge in [0.2, 0.25) is 5.91 Å². The van der Waals surface area contributed by atoms with E-state index >= 15 is 0 Å². The normalized spacial score (nSPS) is 16.6. The number of thiazole rings is 1. The van der Waals surface area contributed by atoms with Crippen LogP contribution in [0.5, 0.6) is 0 Å². The molecule has 2 aliphatic rings. The smallest absolute Gasteiger partial charge is 0.410 e. The number of likely N-dealkylation sites (tertiary alicyclic amines) is 1. The number of piperazine rings is 1. The average molecular weight is 654 g/mol. The number of carbonyl (C=O) groups is 3. The third kappa shape index (κ3) is 6.85. The number of benzene rings is 1. The molecule has 0 radical (unpaired) electrons. The molecule has 2 aromatic heterocycles. The van der Waals surface area contributed by atoms with Gasteiger partial charge in [0.05, 0.1) is 17.2 Å². The van der Waals surface area contributed by atoms with Crippen LogP contribution in [0.15, 0.2) is 28.2 Å². The summed E-state index contributed by atoms with van der Waals surface area (Å²) in [7, 11) is 0. The Labute approximate surface area is 248 Å². The number of aromatic nitrogens is 3. The lowest BCUT2D eigenvalue weighted by Gasteiger charge is -2.39. The summed E-state index contributed by atoms with van der Waals surface area (Å²) in [5.74, 6) is -0.369.